The average molecular weight is 442 g/mol. The Hall–Kier alpha value is -1.63. The highest BCUT2D eigenvalue weighted by molar-refractivity contribution is 9.11. The fraction of sp³-hybridized carbons (Fsp3) is 0.400. The molecule has 0 saturated carbocycles. The van der Waals surface area contributed by atoms with Gasteiger partial charge in [0.25, 0.3) is 0 Å². The highest BCUT2D eigenvalue weighted by Gasteiger charge is 2.44. The second-order valence-corrected chi connectivity index (χ2v) is 8.40. The number of rotatable bonds is 5. The lowest BCUT2D eigenvalue weighted by molar-refractivity contribution is -0.0679. The zero-order valence-corrected chi connectivity index (χ0v) is 15.8. The van der Waals surface area contributed by atoms with Gasteiger partial charge >= 0.3 is 0 Å². The van der Waals surface area contributed by atoms with E-state index < -0.39 is 24.5 Å². The van der Waals surface area contributed by atoms with Crippen LogP contribution in [0.25, 0.3) is 11.2 Å². The first-order chi connectivity index (χ1) is 12.5. The number of aliphatic hydroxyl groups is 2. The maximum Gasteiger partial charge on any atom is 0.167 e. The number of nitrogens with zero attached hydrogens (tertiary/aromatic N) is 4. The standard InChI is InChI=1S/C15H16BrN5O4S/c16-9-2-1-7(26-9)3-24-4-8-11(22)12(23)15(25-8)21-6-20-10-13(17)18-5-19-14(10)21/h1-2,5-6,8,11-12,15,22-23H,3-4H2,(H2,17,18,19)/t8-,11-,12-,15-/m1/s1. The summed E-state index contributed by atoms with van der Waals surface area (Å²) in [6.45, 7) is 0.551. The molecule has 0 bridgehead atoms. The number of hydrogen-bond acceptors (Lipinski definition) is 9. The number of aliphatic hydroxyl groups excluding tert-OH is 2. The minimum atomic E-state index is -1.15. The number of nitrogens with two attached hydrogens (primary N) is 1. The molecule has 1 saturated heterocycles. The van der Waals surface area contributed by atoms with Gasteiger partial charge in [-0.15, -0.1) is 11.3 Å². The first-order valence-electron chi connectivity index (χ1n) is 7.81. The van der Waals surface area contributed by atoms with Gasteiger partial charge in [-0.2, -0.15) is 0 Å². The fourth-order valence-corrected chi connectivity index (χ4v) is 4.28. The predicted octanol–water partition coefficient (Wildman–Crippen LogP) is 1.07. The third-order valence-corrected chi connectivity index (χ3v) is 5.75. The Balaban J connectivity index is 1.46. The molecule has 0 aliphatic carbocycles. The SMILES string of the molecule is Nc1ncnc2c1ncn2[C@@H]1O[C@H](COCc2ccc(Br)s2)[C@@H](O)[C@H]1O. The summed E-state index contributed by atoms with van der Waals surface area (Å²) in [5, 5.41) is 20.7. The van der Waals surface area contributed by atoms with Gasteiger partial charge in [-0.05, 0) is 28.1 Å². The summed E-state index contributed by atoms with van der Waals surface area (Å²) in [6, 6.07) is 3.90. The molecule has 0 unspecified atom stereocenters. The van der Waals surface area contributed by atoms with Crippen molar-refractivity contribution in [1.82, 2.24) is 19.5 Å². The monoisotopic (exact) mass is 441 g/mol. The van der Waals surface area contributed by atoms with Crippen LogP contribution >= 0.6 is 27.3 Å². The number of ether oxygens (including phenoxy) is 2. The highest BCUT2D eigenvalue weighted by Crippen LogP contribution is 2.32. The summed E-state index contributed by atoms with van der Waals surface area (Å²) < 4.78 is 14.0. The number of thiophene rings is 1. The van der Waals surface area contributed by atoms with E-state index in [1.807, 2.05) is 12.1 Å². The molecule has 3 aromatic rings. The molecule has 11 heteroatoms. The van der Waals surface area contributed by atoms with Crippen molar-refractivity contribution in [2.24, 2.45) is 0 Å². The van der Waals surface area contributed by atoms with E-state index in [9.17, 15) is 10.2 Å². The van der Waals surface area contributed by atoms with Crippen molar-refractivity contribution in [2.45, 2.75) is 31.1 Å². The van der Waals surface area contributed by atoms with Crippen molar-refractivity contribution in [1.29, 1.82) is 0 Å². The van der Waals surface area contributed by atoms with E-state index in [1.165, 1.54) is 17.2 Å². The zero-order valence-electron chi connectivity index (χ0n) is 13.4. The number of hydrogen-bond donors (Lipinski definition) is 3. The van der Waals surface area contributed by atoms with Gasteiger partial charge in [0.05, 0.1) is 23.3 Å². The number of fused-ring (bicyclic) bond motifs is 1. The number of imidazole rings is 1. The van der Waals surface area contributed by atoms with Gasteiger partial charge in [-0.1, -0.05) is 0 Å². The molecule has 4 atom stereocenters. The van der Waals surface area contributed by atoms with Gasteiger partial charge in [0, 0.05) is 4.88 Å². The van der Waals surface area contributed by atoms with Crippen LogP contribution in [0.2, 0.25) is 0 Å². The maximum atomic E-state index is 10.4. The molecule has 0 aromatic carbocycles. The van der Waals surface area contributed by atoms with Gasteiger partial charge in [0.2, 0.25) is 0 Å². The second-order valence-electron chi connectivity index (χ2n) is 5.85. The van der Waals surface area contributed by atoms with Crippen LogP contribution in [0.5, 0.6) is 0 Å². The summed E-state index contributed by atoms with van der Waals surface area (Å²) in [5.41, 5.74) is 6.62. The van der Waals surface area contributed by atoms with Crippen molar-refractivity contribution in [3.05, 3.63) is 33.5 Å². The molecule has 1 aliphatic heterocycles. The predicted molar refractivity (Wildman–Crippen MR) is 97.3 cm³/mol. The normalized spacial score (nSPS) is 26.0. The van der Waals surface area contributed by atoms with E-state index in [0.29, 0.717) is 17.8 Å². The molecule has 4 N–H and O–H groups in total. The Morgan fingerprint density at radius 2 is 2.12 bits per heavy atom. The van der Waals surface area contributed by atoms with Crippen molar-refractivity contribution >= 4 is 44.2 Å². The summed E-state index contributed by atoms with van der Waals surface area (Å²) in [4.78, 5) is 13.2. The van der Waals surface area contributed by atoms with Crippen LogP contribution < -0.4 is 5.73 Å². The van der Waals surface area contributed by atoms with Gasteiger partial charge in [0.1, 0.15) is 30.2 Å². The van der Waals surface area contributed by atoms with Crippen LogP contribution in [-0.2, 0) is 16.1 Å². The third kappa shape index (κ3) is 3.21. The van der Waals surface area contributed by atoms with Crippen LogP contribution in [0.1, 0.15) is 11.1 Å². The van der Waals surface area contributed by atoms with Crippen LogP contribution in [0, 0.1) is 0 Å². The van der Waals surface area contributed by atoms with E-state index >= 15 is 0 Å². The lowest BCUT2D eigenvalue weighted by Crippen LogP contribution is -2.33. The van der Waals surface area contributed by atoms with E-state index in [0.717, 1.165) is 8.66 Å². The first-order valence-corrected chi connectivity index (χ1v) is 9.42. The number of halogens is 1. The Bertz CT molecular complexity index is 918. The number of anilines is 1. The van der Waals surface area contributed by atoms with Crippen LogP contribution in [-0.4, -0.2) is 54.7 Å². The third-order valence-electron chi connectivity index (χ3n) is 4.15. The Kier molecular flexibility index (Phi) is 4.90. The Morgan fingerprint density at radius 3 is 2.88 bits per heavy atom. The minimum absolute atomic E-state index is 0.147. The van der Waals surface area contributed by atoms with Crippen molar-refractivity contribution in [2.75, 3.05) is 12.3 Å². The summed E-state index contributed by atoms with van der Waals surface area (Å²) in [6.07, 6.45) is -0.973. The molecule has 3 aromatic heterocycles. The van der Waals surface area contributed by atoms with E-state index in [1.54, 1.807) is 11.3 Å². The molecule has 0 radical (unpaired) electrons. The lowest BCUT2D eigenvalue weighted by atomic mass is 10.1. The second kappa shape index (κ2) is 7.18. The molecule has 4 heterocycles. The zero-order chi connectivity index (χ0) is 18.3. The van der Waals surface area contributed by atoms with E-state index in [4.69, 9.17) is 15.2 Å². The quantitative estimate of drug-likeness (QED) is 0.535. The largest absolute Gasteiger partial charge is 0.387 e. The van der Waals surface area contributed by atoms with E-state index in [2.05, 4.69) is 30.9 Å². The Labute approximate surface area is 160 Å². The molecule has 4 rings (SSSR count). The molecular formula is C15H16BrN5O4S. The van der Waals surface area contributed by atoms with Gasteiger partial charge in [-0.25, -0.2) is 15.0 Å². The minimum Gasteiger partial charge on any atom is -0.387 e. The number of nitrogen functional groups attached to an aromatic ring is 1. The van der Waals surface area contributed by atoms with Crippen LogP contribution in [0.3, 0.4) is 0 Å². The van der Waals surface area contributed by atoms with Gasteiger partial charge in [-0.3, -0.25) is 4.57 Å². The summed E-state index contributed by atoms with van der Waals surface area (Å²) in [7, 11) is 0. The van der Waals surface area contributed by atoms with Crippen molar-refractivity contribution in [3.63, 3.8) is 0 Å². The fourth-order valence-electron chi connectivity index (χ4n) is 2.86. The average Bonchev–Trinajstić information content (AvgIpc) is 3.30. The summed E-state index contributed by atoms with van der Waals surface area (Å²) >= 11 is 4.97. The lowest BCUT2D eigenvalue weighted by Gasteiger charge is -2.16. The number of aromatic nitrogens is 4. The van der Waals surface area contributed by atoms with Gasteiger partial charge in [0.15, 0.2) is 17.7 Å². The molecule has 26 heavy (non-hydrogen) atoms. The molecule has 138 valence electrons. The van der Waals surface area contributed by atoms with Crippen molar-refractivity contribution in [3.8, 4) is 0 Å². The summed E-state index contributed by atoms with van der Waals surface area (Å²) in [5.74, 6) is 0.240. The molecule has 0 amide bonds. The topological polar surface area (TPSA) is 129 Å². The van der Waals surface area contributed by atoms with Crippen molar-refractivity contribution < 1.29 is 19.7 Å². The van der Waals surface area contributed by atoms with E-state index in [-0.39, 0.29) is 12.4 Å². The van der Waals surface area contributed by atoms with Gasteiger partial charge < -0.3 is 25.4 Å². The smallest absolute Gasteiger partial charge is 0.167 e. The first kappa shape index (κ1) is 17.8. The molecular weight excluding hydrogens is 426 g/mol. The van der Waals surface area contributed by atoms with Crippen LogP contribution in [0.4, 0.5) is 5.82 Å². The maximum absolute atomic E-state index is 10.4. The molecule has 1 aliphatic rings. The molecule has 1 fully saturated rings. The van der Waals surface area contributed by atoms with Crippen LogP contribution in [0.15, 0.2) is 28.6 Å². The molecule has 0 spiro atoms. The highest BCUT2D eigenvalue weighted by atomic mass is 79.9. The Morgan fingerprint density at radius 1 is 1.27 bits per heavy atom. The molecule has 9 nitrogen and oxygen atoms in total.